The van der Waals surface area contributed by atoms with Crippen molar-refractivity contribution in [3.8, 4) is 6.07 Å². The van der Waals surface area contributed by atoms with Crippen LogP contribution in [0.25, 0.3) is 0 Å². The first-order valence-electron chi connectivity index (χ1n) is 8.82. The predicted octanol–water partition coefficient (Wildman–Crippen LogP) is 3.95. The van der Waals surface area contributed by atoms with Crippen molar-refractivity contribution in [2.24, 2.45) is 5.92 Å². The first-order valence-corrected chi connectivity index (χ1v) is 8.82. The molecule has 0 spiro atoms. The van der Waals surface area contributed by atoms with E-state index in [0.717, 1.165) is 25.8 Å². The Morgan fingerprint density at radius 2 is 1.86 bits per heavy atom. The topological polar surface area (TPSA) is 39.1 Å². The number of hydrogen-bond acceptors (Lipinski definition) is 3. The van der Waals surface area contributed by atoms with Crippen LogP contribution in [0.1, 0.15) is 73.6 Å². The fraction of sp³-hybridized carbons (Fsp3) is 0.944. The zero-order valence-corrected chi connectivity index (χ0v) is 14.9. The minimum atomic E-state index is -0.305. The zero-order chi connectivity index (χ0) is 16.0. The van der Waals surface area contributed by atoms with Gasteiger partial charge in [-0.3, -0.25) is 10.2 Å². The Labute approximate surface area is 132 Å². The molecule has 1 aliphatic rings. The highest BCUT2D eigenvalue weighted by atomic mass is 15.2. The summed E-state index contributed by atoms with van der Waals surface area (Å²) in [6.45, 7) is 14.6. The molecular weight excluding hydrogens is 258 g/mol. The molecule has 0 aliphatic heterocycles. The maximum Gasteiger partial charge on any atom is 0.108 e. The van der Waals surface area contributed by atoms with Crippen LogP contribution >= 0.6 is 0 Å². The van der Waals surface area contributed by atoms with Gasteiger partial charge in [-0.05, 0) is 51.9 Å². The van der Waals surface area contributed by atoms with Crippen molar-refractivity contribution in [3.63, 3.8) is 0 Å². The van der Waals surface area contributed by atoms with E-state index in [9.17, 15) is 5.26 Å². The summed E-state index contributed by atoms with van der Waals surface area (Å²) in [5.41, 5.74) is -0.305. The second-order valence-electron chi connectivity index (χ2n) is 7.45. The molecule has 122 valence electrons. The van der Waals surface area contributed by atoms with Crippen LogP contribution in [-0.4, -0.2) is 35.1 Å². The third-order valence-electron chi connectivity index (χ3n) is 4.72. The summed E-state index contributed by atoms with van der Waals surface area (Å²) in [4.78, 5) is 2.70. The SMILES string of the molecule is CCC(CC)N(CC(C)C)C1CCC(C#N)(NC(C)C)C1. The van der Waals surface area contributed by atoms with Crippen molar-refractivity contribution in [1.29, 1.82) is 5.26 Å². The third kappa shape index (κ3) is 4.97. The highest BCUT2D eigenvalue weighted by Gasteiger charge is 2.42. The second kappa shape index (κ2) is 8.15. The molecule has 0 heterocycles. The smallest absolute Gasteiger partial charge is 0.108 e. The number of nitrogens with zero attached hydrogens (tertiary/aromatic N) is 2. The average Bonchev–Trinajstić information content (AvgIpc) is 2.82. The van der Waals surface area contributed by atoms with Crippen LogP contribution in [0.5, 0.6) is 0 Å². The summed E-state index contributed by atoms with van der Waals surface area (Å²) in [5, 5.41) is 13.2. The lowest BCUT2D eigenvalue weighted by atomic mass is 9.97. The van der Waals surface area contributed by atoms with Gasteiger partial charge < -0.3 is 0 Å². The third-order valence-corrected chi connectivity index (χ3v) is 4.72. The Kier molecular flexibility index (Phi) is 7.16. The summed E-state index contributed by atoms with van der Waals surface area (Å²) in [5.74, 6) is 0.681. The van der Waals surface area contributed by atoms with E-state index < -0.39 is 0 Å². The zero-order valence-electron chi connectivity index (χ0n) is 14.9. The van der Waals surface area contributed by atoms with Crippen molar-refractivity contribution in [2.75, 3.05) is 6.54 Å². The molecule has 0 amide bonds. The first kappa shape index (κ1) is 18.5. The lowest BCUT2D eigenvalue weighted by Crippen LogP contribution is -2.49. The Morgan fingerprint density at radius 1 is 1.24 bits per heavy atom. The summed E-state index contributed by atoms with van der Waals surface area (Å²) in [7, 11) is 0. The molecule has 3 nitrogen and oxygen atoms in total. The van der Waals surface area contributed by atoms with Gasteiger partial charge in [-0.25, -0.2) is 0 Å². The molecule has 0 aromatic heterocycles. The first-order chi connectivity index (χ1) is 9.87. The van der Waals surface area contributed by atoms with Gasteiger partial charge in [0.15, 0.2) is 0 Å². The molecule has 2 unspecified atom stereocenters. The van der Waals surface area contributed by atoms with Gasteiger partial charge >= 0.3 is 0 Å². The van der Waals surface area contributed by atoms with Crippen LogP contribution in [0.4, 0.5) is 0 Å². The molecule has 1 N–H and O–H groups in total. The van der Waals surface area contributed by atoms with Crippen LogP contribution in [-0.2, 0) is 0 Å². The second-order valence-corrected chi connectivity index (χ2v) is 7.45. The molecule has 0 aromatic rings. The summed E-state index contributed by atoms with van der Waals surface area (Å²) in [6, 6.07) is 4.17. The maximum absolute atomic E-state index is 9.67. The molecule has 0 saturated heterocycles. The van der Waals surface area contributed by atoms with Crippen LogP contribution in [0.2, 0.25) is 0 Å². The Bertz CT molecular complexity index is 341. The minimum Gasteiger partial charge on any atom is -0.297 e. The van der Waals surface area contributed by atoms with Crippen molar-refractivity contribution in [2.45, 2.75) is 97.3 Å². The number of rotatable bonds is 8. The van der Waals surface area contributed by atoms with Gasteiger partial charge in [0.2, 0.25) is 0 Å². The van der Waals surface area contributed by atoms with Crippen LogP contribution in [0.3, 0.4) is 0 Å². The molecule has 1 saturated carbocycles. The summed E-state index contributed by atoms with van der Waals surface area (Å²) < 4.78 is 0. The van der Waals surface area contributed by atoms with Gasteiger partial charge in [0, 0.05) is 24.7 Å². The summed E-state index contributed by atoms with van der Waals surface area (Å²) in [6.07, 6.45) is 5.52. The molecule has 0 radical (unpaired) electrons. The van der Waals surface area contributed by atoms with Crippen LogP contribution in [0, 0.1) is 17.2 Å². The quantitative estimate of drug-likeness (QED) is 0.736. The molecular formula is C18H35N3. The van der Waals surface area contributed by atoms with Crippen molar-refractivity contribution < 1.29 is 0 Å². The maximum atomic E-state index is 9.67. The molecule has 1 rings (SSSR count). The van der Waals surface area contributed by atoms with E-state index in [-0.39, 0.29) is 5.54 Å². The Balaban J connectivity index is 2.84. The molecule has 1 fully saturated rings. The largest absolute Gasteiger partial charge is 0.297 e. The van der Waals surface area contributed by atoms with Gasteiger partial charge in [0.25, 0.3) is 0 Å². The van der Waals surface area contributed by atoms with Gasteiger partial charge in [-0.2, -0.15) is 5.26 Å². The number of nitriles is 1. The highest BCUT2D eigenvalue weighted by Crippen LogP contribution is 2.35. The Hall–Kier alpha value is -0.590. The van der Waals surface area contributed by atoms with Gasteiger partial charge in [-0.1, -0.05) is 27.7 Å². The molecule has 0 bridgehead atoms. The van der Waals surface area contributed by atoms with Gasteiger partial charge in [0.1, 0.15) is 5.54 Å². The standard InChI is InChI=1S/C18H35N3/c1-7-16(8-2)21(12-14(3)4)17-9-10-18(11-17,13-19)20-15(5)6/h14-17,20H,7-12H2,1-6H3. The van der Waals surface area contributed by atoms with Crippen molar-refractivity contribution in [3.05, 3.63) is 0 Å². The minimum absolute atomic E-state index is 0.305. The number of nitrogens with one attached hydrogen (secondary N) is 1. The lowest BCUT2D eigenvalue weighted by molar-refractivity contribution is 0.107. The molecule has 1 aliphatic carbocycles. The van der Waals surface area contributed by atoms with E-state index in [1.807, 2.05) is 0 Å². The van der Waals surface area contributed by atoms with E-state index in [1.54, 1.807) is 0 Å². The van der Waals surface area contributed by atoms with E-state index in [0.29, 0.717) is 24.0 Å². The average molecular weight is 293 g/mol. The number of hydrogen-bond donors (Lipinski definition) is 1. The van der Waals surface area contributed by atoms with E-state index >= 15 is 0 Å². The van der Waals surface area contributed by atoms with E-state index in [2.05, 4.69) is 57.8 Å². The van der Waals surface area contributed by atoms with Gasteiger partial charge in [-0.15, -0.1) is 0 Å². The van der Waals surface area contributed by atoms with E-state index in [4.69, 9.17) is 0 Å². The fourth-order valence-corrected chi connectivity index (χ4v) is 3.90. The Morgan fingerprint density at radius 3 is 2.29 bits per heavy atom. The van der Waals surface area contributed by atoms with E-state index in [1.165, 1.54) is 12.8 Å². The molecule has 21 heavy (non-hydrogen) atoms. The normalized spacial score (nSPS) is 26.2. The lowest BCUT2D eigenvalue weighted by Gasteiger charge is -2.38. The van der Waals surface area contributed by atoms with Crippen LogP contribution < -0.4 is 5.32 Å². The molecule has 0 aromatic carbocycles. The van der Waals surface area contributed by atoms with Crippen molar-refractivity contribution >= 4 is 0 Å². The van der Waals surface area contributed by atoms with Crippen LogP contribution in [0.15, 0.2) is 0 Å². The fourth-order valence-electron chi connectivity index (χ4n) is 3.90. The summed E-state index contributed by atoms with van der Waals surface area (Å²) >= 11 is 0. The van der Waals surface area contributed by atoms with Gasteiger partial charge in [0.05, 0.1) is 6.07 Å². The monoisotopic (exact) mass is 293 g/mol. The molecule has 3 heteroatoms. The predicted molar refractivity (Wildman–Crippen MR) is 90.2 cm³/mol. The highest BCUT2D eigenvalue weighted by molar-refractivity contribution is 5.14. The molecule has 2 atom stereocenters. The van der Waals surface area contributed by atoms with Crippen molar-refractivity contribution in [1.82, 2.24) is 10.2 Å².